The van der Waals surface area contributed by atoms with E-state index >= 15 is 0 Å². The number of hydrogen-bond donors (Lipinski definition) is 4. The van der Waals surface area contributed by atoms with Crippen molar-refractivity contribution in [2.75, 3.05) is 244 Å². The minimum Gasteiger partial charge on any atom is -0.491 e. The van der Waals surface area contributed by atoms with Crippen molar-refractivity contribution >= 4 is 23.9 Å². The highest BCUT2D eigenvalue weighted by atomic mass is 19.2. The number of aliphatic hydroxyl groups is 1. The second kappa shape index (κ2) is 53.1. The molecule has 2 rings (SSSR count). The summed E-state index contributed by atoms with van der Waals surface area (Å²) in [5.74, 6) is -9.76. The number of alkyl halides is 1. The summed E-state index contributed by atoms with van der Waals surface area (Å²) >= 11 is 0. The van der Waals surface area contributed by atoms with Crippen LogP contribution in [0, 0.1) is 0 Å². The summed E-state index contributed by atoms with van der Waals surface area (Å²) in [4.78, 5) is 54.0. The second-order valence-electron chi connectivity index (χ2n) is 19.5. The molecule has 0 amide bonds. The first kappa shape index (κ1) is 79.5. The van der Waals surface area contributed by atoms with Gasteiger partial charge in [0, 0.05) is 58.4 Å². The number of hydrogen-bond acceptors (Lipinski definition) is 23. The number of esters is 1. The average molecular weight is 1280 g/mol. The van der Waals surface area contributed by atoms with Crippen molar-refractivity contribution in [1.29, 1.82) is 0 Å². The van der Waals surface area contributed by atoms with Gasteiger partial charge in [0.25, 0.3) is 0 Å². The number of aliphatic hydroxyl groups excluding tert-OH is 1. The predicted molar refractivity (Wildman–Crippen MR) is 309 cm³/mol. The topological polar surface area (TPSA) is 291 Å². The Morgan fingerprint density at radius 3 is 1.08 bits per heavy atom. The zero-order valence-electron chi connectivity index (χ0n) is 51.2. The molecule has 508 valence electrons. The first-order valence-corrected chi connectivity index (χ1v) is 29.7. The molecule has 0 radical (unpaired) electrons. The maximum absolute atomic E-state index is 14.0. The summed E-state index contributed by atoms with van der Waals surface area (Å²) in [5.41, 5.74) is 0.945. The van der Waals surface area contributed by atoms with Gasteiger partial charge in [0.1, 0.15) is 18.2 Å². The smallest absolute Gasteiger partial charge is 0.317 e. The fourth-order valence-electron chi connectivity index (χ4n) is 7.99. The van der Waals surface area contributed by atoms with Crippen molar-refractivity contribution in [2.45, 2.75) is 45.3 Å². The Kier molecular flexibility index (Phi) is 48.0. The molecule has 2 atom stereocenters. The van der Waals surface area contributed by atoms with Gasteiger partial charge in [-0.2, -0.15) is 4.39 Å². The summed E-state index contributed by atoms with van der Waals surface area (Å²) in [6, 6.07) is 7.19. The van der Waals surface area contributed by atoms with Crippen LogP contribution in [0.2, 0.25) is 0 Å². The molecule has 1 aromatic rings. The number of benzene rings is 1. The molecular formula is C58H96F4N4O22. The van der Waals surface area contributed by atoms with Gasteiger partial charge in [-0.3, -0.25) is 38.8 Å². The molecule has 1 aliphatic rings. The van der Waals surface area contributed by atoms with Crippen LogP contribution >= 0.6 is 0 Å². The van der Waals surface area contributed by atoms with E-state index < -0.39 is 66.1 Å². The fraction of sp³-hybridized carbons (Fsp3) is 0.759. The van der Waals surface area contributed by atoms with Crippen LogP contribution in [0.15, 0.2) is 47.5 Å². The van der Waals surface area contributed by atoms with Crippen molar-refractivity contribution in [3.63, 3.8) is 0 Å². The minimum atomic E-state index is -2.30. The molecule has 1 saturated heterocycles. The summed E-state index contributed by atoms with van der Waals surface area (Å²) in [5, 5.41) is 39.0. The molecule has 1 heterocycles. The molecule has 0 saturated carbocycles. The number of halogens is 4. The molecule has 2 unspecified atom stereocenters. The maximum atomic E-state index is 14.0. The van der Waals surface area contributed by atoms with Crippen molar-refractivity contribution in [1.82, 2.24) is 19.6 Å². The zero-order valence-corrected chi connectivity index (χ0v) is 51.2. The largest absolute Gasteiger partial charge is 0.491 e. The van der Waals surface area contributed by atoms with Crippen molar-refractivity contribution in [3.8, 4) is 5.75 Å². The SMILES string of the molecule is CCC(F)=C(F)C(OC(=O)CCOCCOCCOCCOCCOCCOCCOCCOCCOCCOCCOCCOCCOc1ccc(CC(CO)N2CCN(CC(=O)O)CCN(CC(=O)O)CCN(CC(=O)O)CC2)cc1)=C(F)C(C)F. The summed E-state index contributed by atoms with van der Waals surface area (Å²) in [6.45, 7) is 12.6. The fourth-order valence-corrected chi connectivity index (χ4v) is 7.99. The highest BCUT2D eigenvalue weighted by molar-refractivity contribution is 5.71. The predicted octanol–water partition coefficient (Wildman–Crippen LogP) is 2.68. The van der Waals surface area contributed by atoms with Gasteiger partial charge in [0.05, 0.1) is 191 Å². The summed E-state index contributed by atoms with van der Waals surface area (Å²) < 4.78 is 131. The Bertz CT molecular complexity index is 2010. The molecular weight excluding hydrogens is 1180 g/mol. The van der Waals surface area contributed by atoms with E-state index in [1.54, 1.807) is 14.7 Å². The number of aliphatic carboxylic acids is 3. The summed E-state index contributed by atoms with van der Waals surface area (Å²) in [6.07, 6.45) is -2.65. The van der Waals surface area contributed by atoms with Crippen LogP contribution in [0.4, 0.5) is 17.6 Å². The lowest BCUT2D eigenvalue weighted by Crippen LogP contribution is -2.51. The van der Waals surface area contributed by atoms with Gasteiger partial charge < -0.3 is 86.7 Å². The average Bonchev–Trinajstić information content (AvgIpc) is 3.51. The standard InChI is InChI=1S/C58H96F4N4O22/c1-3-51(60)57(62)58(56(61)47(2)59)88-55(74)8-17-75-18-19-76-20-21-77-22-23-78-24-25-79-26-27-80-28-29-81-30-31-82-32-33-83-34-35-84-36-37-85-38-39-86-40-41-87-50-6-4-48(5-7-50)42-49(46-67)66-15-13-64(44-53(70)71)11-9-63(43-52(68)69)10-12-65(14-16-66)45-54(72)73/h4-7,47,49,67H,3,8-46H2,1-2H3,(H,68,69)(H,70,71)(H,72,73). The van der Waals surface area contributed by atoms with E-state index in [9.17, 15) is 57.2 Å². The zero-order chi connectivity index (χ0) is 64.2. The monoisotopic (exact) mass is 1280 g/mol. The van der Waals surface area contributed by atoms with Crippen LogP contribution in [-0.4, -0.2) is 320 Å². The highest BCUT2D eigenvalue weighted by Gasteiger charge is 2.26. The second-order valence-corrected chi connectivity index (χ2v) is 19.5. The number of carboxylic acid groups (broad SMARTS) is 3. The van der Waals surface area contributed by atoms with Gasteiger partial charge >= 0.3 is 23.9 Å². The minimum absolute atomic E-state index is 0.112. The lowest BCUT2D eigenvalue weighted by Gasteiger charge is -2.36. The molecule has 4 N–H and O–H groups in total. The molecule has 88 heavy (non-hydrogen) atoms. The van der Waals surface area contributed by atoms with E-state index in [1.807, 2.05) is 24.3 Å². The number of rotatable bonds is 54. The Hall–Kier alpha value is -4.58. The first-order chi connectivity index (χ1) is 42.6. The van der Waals surface area contributed by atoms with Crippen LogP contribution in [0.25, 0.3) is 0 Å². The maximum Gasteiger partial charge on any atom is 0.317 e. The third-order valence-electron chi connectivity index (χ3n) is 12.6. The van der Waals surface area contributed by atoms with E-state index in [4.69, 9.17) is 61.6 Å². The molecule has 0 spiro atoms. The van der Waals surface area contributed by atoms with Crippen molar-refractivity contribution in [3.05, 3.63) is 53.1 Å². The highest BCUT2D eigenvalue weighted by Crippen LogP contribution is 2.28. The van der Waals surface area contributed by atoms with Crippen LogP contribution < -0.4 is 4.74 Å². The molecule has 1 aliphatic heterocycles. The number of carbonyl (C=O) groups excluding carboxylic acids is 1. The number of nitrogens with zero attached hydrogens (tertiary/aromatic N) is 4. The molecule has 30 heteroatoms. The van der Waals surface area contributed by atoms with E-state index in [2.05, 4.69) is 9.64 Å². The van der Waals surface area contributed by atoms with Gasteiger partial charge in [0.2, 0.25) is 5.76 Å². The van der Waals surface area contributed by atoms with Crippen LogP contribution in [-0.2, 0) is 87.2 Å². The Morgan fingerprint density at radius 1 is 0.477 bits per heavy atom. The molecule has 0 bridgehead atoms. The third kappa shape index (κ3) is 42.4. The van der Waals surface area contributed by atoms with Gasteiger partial charge in [-0.15, -0.1) is 0 Å². The van der Waals surface area contributed by atoms with Crippen LogP contribution in [0.1, 0.15) is 32.3 Å². The molecule has 0 aromatic heterocycles. The van der Waals surface area contributed by atoms with Gasteiger partial charge in [-0.1, -0.05) is 19.1 Å². The molecule has 1 aromatic carbocycles. The summed E-state index contributed by atoms with van der Waals surface area (Å²) in [7, 11) is 0. The normalized spacial score (nSPS) is 15.7. The van der Waals surface area contributed by atoms with Crippen LogP contribution in [0.3, 0.4) is 0 Å². The van der Waals surface area contributed by atoms with E-state index in [-0.39, 0.29) is 58.7 Å². The van der Waals surface area contributed by atoms with Crippen molar-refractivity contribution < 1.29 is 123 Å². The van der Waals surface area contributed by atoms with Gasteiger partial charge in [0.15, 0.2) is 17.8 Å². The number of carbonyl (C=O) groups is 4. The quantitative estimate of drug-likeness (QED) is 0.0240. The lowest BCUT2D eigenvalue weighted by atomic mass is 10.0. The molecule has 26 nitrogen and oxygen atoms in total. The van der Waals surface area contributed by atoms with Crippen LogP contribution in [0.5, 0.6) is 5.75 Å². The number of carboxylic acids is 3. The van der Waals surface area contributed by atoms with Gasteiger partial charge in [-0.25, -0.2) is 13.2 Å². The number of allylic oxidation sites excluding steroid dienone is 3. The Morgan fingerprint density at radius 2 is 0.784 bits per heavy atom. The van der Waals surface area contributed by atoms with E-state index in [1.165, 1.54) is 6.92 Å². The Balaban J connectivity index is 1.35. The molecule has 1 fully saturated rings. The number of ether oxygens (including phenoxy) is 14. The third-order valence-corrected chi connectivity index (χ3v) is 12.6. The van der Waals surface area contributed by atoms with Gasteiger partial charge in [-0.05, 0) is 37.5 Å². The van der Waals surface area contributed by atoms with E-state index in [0.717, 1.165) is 12.5 Å². The first-order valence-electron chi connectivity index (χ1n) is 29.7. The van der Waals surface area contributed by atoms with Crippen molar-refractivity contribution in [2.24, 2.45) is 0 Å². The molecule has 0 aliphatic carbocycles. The lowest BCUT2D eigenvalue weighted by molar-refractivity contribution is -0.141. The van der Waals surface area contributed by atoms with E-state index in [0.29, 0.717) is 203 Å². The Labute approximate surface area is 513 Å².